The van der Waals surface area contributed by atoms with Crippen LogP contribution in [0.25, 0.3) is 0 Å². The topological polar surface area (TPSA) is 76.1 Å². The first-order valence-corrected chi connectivity index (χ1v) is 8.48. The number of rotatable bonds is 5. The maximum atomic E-state index is 12.0. The van der Waals surface area contributed by atoms with Crippen molar-refractivity contribution in [3.8, 4) is 0 Å². The zero-order valence-electron chi connectivity index (χ0n) is 12.0. The van der Waals surface area contributed by atoms with Crippen molar-refractivity contribution in [2.45, 2.75) is 31.9 Å². The van der Waals surface area contributed by atoms with E-state index in [0.717, 1.165) is 6.26 Å². The molecule has 0 unspecified atom stereocenters. The molecule has 0 saturated heterocycles. The summed E-state index contributed by atoms with van der Waals surface area (Å²) in [6.45, 7) is 5.08. The van der Waals surface area contributed by atoms with Crippen LogP contribution in [-0.2, 0) is 16.3 Å². The van der Waals surface area contributed by atoms with Crippen molar-refractivity contribution in [1.82, 2.24) is 10.3 Å². The minimum atomic E-state index is -3.25. The summed E-state index contributed by atoms with van der Waals surface area (Å²) in [6, 6.07) is 3.11. The molecular weight excluding hydrogens is 300 g/mol. The SMILES string of the molecule is CCc1cc(C(=O)NCC(C)(C)S(C)(=O)=O)cc(Cl)n1. The third kappa shape index (κ3) is 4.18. The summed E-state index contributed by atoms with van der Waals surface area (Å²) in [6.07, 6.45) is 1.81. The number of nitrogens with zero attached hydrogens (tertiary/aromatic N) is 1. The van der Waals surface area contributed by atoms with Crippen LogP contribution in [0.1, 0.15) is 36.8 Å². The molecule has 0 aromatic carbocycles. The maximum Gasteiger partial charge on any atom is 0.251 e. The molecule has 0 aliphatic rings. The first-order chi connectivity index (χ1) is 9.06. The Bertz CT molecular complexity index is 612. The van der Waals surface area contributed by atoms with Gasteiger partial charge >= 0.3 is 0 Å². The van der Waals surface area contributed by atoms with E-state index in [0.29, 0.717) is 17.7 Å². The van der Waals surface area contributed by atoms with Crippen LogP contribution in [0.5, 0.6) is 0 Å². The first-order valence-electron chi connectivity index (χ1n) is 6.21. The number of carbonyl (C=O) groups is 1. The van der Waals surface area contributed by atoms with Crippen LogP contribution in [0.2, 0.25) is 5.15 Å². The fraction of sp³-hybridized carbons (Fsp3) is 0.538. The summed E-state index contributed by atoms with van der Waals surface area (Å²) in [5.41, 5.74) is 1.09. The second-order valence-corrected chi connectivity index (χ2v) is 8.27. The summed E-state index contributed by atoms with van der Waals surface area (Å²) in [4.78, 5) is 16.1. The predicted molar refractivity (Wildman–Crippen MR) is 79.9 cm³/mol. The van der Waals surface area contributed by atoms with Gasteiger partial charge in [-0.05, 0) is 32.4 Å². The van der Waals surface area contributed by atoms with E-state index in [1.54, 1.807) is 19.9 Å². The summed E-state index contributed by atoms with van der Waals surface area (Å²) in [5.74, 6) is -0.360. The Morgan fingerprint density at radius 1 is 1.40 bits per heavy atom. The number of pyridine rings is 1. The van der Waals surface area contributed by atoms with Gasteiger partial charge in [0.05, 0.1) is 4.75 Å². The minimum Gasteiger partial charge on any atom is -0.350 e. The molecule has 1 aromatic heterocycles. The Balaban J connectivity index is 2.85. The Labute approximate surface area is 124 Å². The molecule has 1 aromatic rings. The number of hydrogen-bond donors (Lipinski definition) is 1. The van der Waals surface area contributed by atoms with E-state index in [4.69, 9.17) is 11.6 Å². The lowest BCUT2D eigenvalue weighted by Crippen LogP contribution is -2.43. The Kier molecular flexibility index (Phi) is 5.15. The normalized spacial score (nSPS) is 12.2. The van der Waals surface area contributed by atoms with Crippen molar-refractivity contribution >= 4 is 27.3 Å². The lowest BCUT2D eigenvalue weighted by atomic mass is 10.1. The Morgan fingerprint density at radius 2 is 2.00 bits per heavy atom. The number of sulfone groups is 1. The van der Waals surface area contributed by atoms with E-state index in [1.807, 2.05) is 6.92 Å². The van der Waals surface area contributed by atoms with Gasteiger partial charge < -0.3 is 5.32 Å². The summed E-state index contributed by atoms with van der Waals surface area (Å²) < 4.78 is 22.1. The molecule has 1 rings (SSSR count). The van der Waals surface area contributed by atoms with Gasteiger partial charge in [-0.15, -0.1) is 0 Å². The monoisotopic (exact) mass is 318 g/mol. The largest absolute Gasteiger partial charge is 0.350 e. The molecule has 112 valence electrons. The van der Waals surface area contributed by atoms with Crippen LogP contribution < -0.4 is 5.32 Å². The van der Waals surface area contributed by atoms with Gasteiger partial charge in [0.1, 0.15) is 5.15 Å². The molecule has 1 N–H and O–H groups in total. The molecule has 0 aliphatic carbocycles. The van der Waals surface area contributed by atoms with Crippen molar-refractivity contribution in [2.24, 2.45) is 0 Å². The molecule has 5 nitrogen and oxygen atoms in total. The van der Waals surface area contributed by atoms with Gasteiger partial charge in [0.2, 0.25) is 0 Å². The van der Waals surface area contributed by atoms with Crippen LogP contribution >= 0.6 is 11.6 Å². The molecule has 0 aliphatic heterocycles. The van der Waals surface area contributed by atoms with Gasteiger partial charge in [-0.3, -0.25) is 4.79 Å². The van der Waals surface area contributed by atoms with Crippen LogP contribution in [-0.4, -0.2) is 36.9 Å². The van der Waals surface area contributed by atoms with Crippen molar-refractivity contribution in [3.63, 3.8) is 0 Å². The van der Waals surface area contributed by atoms with E-state index < -0.39 is 14.6 Å². The summed E-state index contributed by atoms with van der Waals surface area (Å²) >= 11 is 5.85. The zero-order chi connectivity index (χ0) is 15.6. The highest BCUT2D eigenvalue weighted by molar-refractivity contribution is 7.92. The highest BCUT2D eigenvalue weighted by Crippen LogP contribution is 2.15. The predicted octanol–water partition coefficient (Wildman–Crippen LogP) is 1.85. The Hall–Kier alpha value is -1.14. The second-order valence-electron chi connectivity index (χ2n) is 5.24. The molecule has 1 heterocycles. The number of aromatic nitrogens is 1. The molecule has 0 radical (unpaired) electrons. The smallest absolute Gasteiger partial charge is 0.251 e. The van der Waals surface area contributed by atoms with Gasteiger partial charge in [0.25, 0.3) is 5.91 Å². The molecular formula is C13H19ClN2O3S. The van der Waals surface area contributed by atoms with E-state index in [2.05, 4.69) is 10.3 Å². The maximum absolute atomic E-state index is 12.0. The van der Waals surface area contributed by atoms with Crippen molar-refractivity contribution in [2.75, 3.05) is 12.8 Å². The van der Waals surface area contributed by atoms with Gasteiger partial charge in [-0.1, -0.05) is 18.5 Å². The van der Waals surface area contributed by atoms with Crippen LogP contribution in [0.3, 0.4) is 0 Å². The van der Waals surface area contributed by atoms with Gasteiger partial charge in [-0.2, -0.15) is 0 Å². The van der Waals surface area contributed by atoms with Crippen LogP contribution in [0, 0.1) is 0 Å². The van der Waals surface area contributed by atoms with Gasteiger partial charge in [0.15, 0.2) is 9.84 Å². The molecule has 0 atom stereocenters. The average Bonchev–Trinajstić information content (AvgIpc) is 2.33. The number of amides is 1. The van der Waals surface area contributed by atoms with E-state index in [-0.39, 0.29) is 17.6 Å². The summed E-state index contributed by atoms with van der Waals surface area (Å²) in [7, 11) is -3.25. The first kappa shape index (κ1) is 16.9. The van der Waals surface area contributed by atoms with Gasteiger partial charge in [0, 0.05) is 24.1 Å². The van der Waals surface area contributed by atoms with Crippen LogP contribution in [0.15, 0.2) is 12.1 Å². The number of halogens is 1. The molecule has 0 bridgehead atoms. The third-order valence-corrected chi connectivity index (χ3v) is 5.50. The summed E-state index contributed by atoms with van der Waals surface area (Å²) in [5, 5.41) is 2.87. The van der Waals surface area contributed by atoms with Crippen LogP contribution in [0.4, 0.5) is 0 Å². The van der Waals surface area contributed by atoms with Crippen molar-refractivity contribution < 1.29 is 13.2 Å². The molecule has 1 amide bonds. The molecule has 0 saturated carbocycles. The van der Waals surface area contributed by atoms with E-state index >= 15 is 0 Å². The minimum absolute atomic E-state index is 0.0338. The number of carbonyl (C=O) groups excluding carboxylic acids is 1. The standard InChI is InChI=1S/C13H19ClN2O3S/c1-5-10-6-9(7-11(14)16-10)12(17)15-8-13(2,3)20(4,18)19/h6-7H,5,8H2,1-4H3,(H,15,17). The lowest BCUT2D eigenvalue weighted by molar-refractivity contribution is 0.0950. The molecule has 7 heteroatoms. The number of nitrogens with one attached hydrogen (secondary N) is 1. The highest BCUT2D eigenvalue weighted by atomic mass is 35.5. The van der Waals surface area contributed by atoms with E-state index in [1.165, 1.54) is 6.07 Å². The van der Waals surface area contributed by atoms with Gasteiger partial charge in [-0.25, -0.2) is 13.4 Å². The fourth-order valence-corrected chi connectivity index (χ4v) is 1.95. The van der Waals surface area contributed by atoms with Crippen molar-refractivity contribution in [1.29, 1.82) is 0 Å². The number of aryl methyl sites for hydroxylation is 1. The Morgan fingerprint density at radius 3 is 2.50 bits per heavy atom. The highest BCUT2D eigenvalue weighted by Gasteiger charge is 2.30. The van der Waals surface area contributed by atoms with Crippen molar-refractivity contribution in [3.05, 3.63) is 28.5 Å². The zero-order valence-corrected chi connectivity index (χ0v) is 13.6. The molecule has 0 fully saturated rings. The molecule has 0 spiro atoms. The number of hydrogen-bond acceptors (Lipinski definition) is 4. The van der Waals surface area contributed by atoms with E-state index in [9.17, 15) is 13.2 Å². The fourth-order valence-electron chi connectivity index (χ4n) is 1.39. The quantitative estimate of drug-likeness (QED) is 0.841. The second kappa shape index (κ2) is 6.10. The lowest BCUT2D eigenvalue weighted by Gasteiger charge is -2.22. The molecule has 20 heavy (non-hydrogen) atoms. The third-order valence-electron chi connectivity index (χ3n) is 3.15. The average molecular weight is 319 g/mol.